The van der Waals surface area contributed by atoms with Gasteiger partial charge in [-0.3, -0.25) is 4.79 Å². The van der Waals surface area contributed by atoms with Crippen molar-refractivity contribution in [1.29, 1.82) is 0 Å². The van der Waals surface area contributed by atoms with Gasteiger partial charge in [-0.05, 0) is 31.9 Å². The molecule has 138 valence electrons. The molecule has 2 N–H and O–H groups in total. The minimum atomic E-state index is -1.03. The molecule has 2 aromatic rings. The minimum absolute atomic E-state index is 0.143. The number of hydrogen-bond donors (Lipinski definition) is 2. The Balaban J connectivity index is 1.66. The summed E-state index contributed by atoms with van der Waals surface area (Å²) in [5.74, 6) is 0.730. The van der Waals surface area contributed by atoms with E-state index in [1.165, 1.54) is 13.4 Å². The average molecular weight is 357 g/mol. The zero-order valence-corrected chi connectivity index (χ0v) is 15.0. The van der Waals surface area contributed by atoms with Crippen LogP contribution in [0.1, 0.15) is 28.9 Å². The van der Waals surface area contributed by atoms with Crippen LogP contribution in [0.4, 0.5) is 5.82 Å². The predicted molar refractivity (Wildman–Crippen MR) is 96.3 cm³/mol. The lowest BCUT2D eigenvalue weighted by atomic mass is 9.92. The number of piperidine rings is 1. The van der Waals surface area contributed by atoms with Crippen LogP contribution in [0.2, 0.25) is 0 Å². The van der Waals surface area contributed by atoms with Gasteiger partial charge in [-0.15, -0.1) is 0 Å². The van der Waals surface area contributed by atoms with Crippen LogP contribution >= 0.6 is 0 Å². The molecular weight excluding hydrogens is 334 g/mol. The third-order valence-corrected chi connectivity index (χ3v) is 4.46. The molecule has 0 saturated carbocycles. The van der Waals surface area contributed by atoms with E-state index in [0.29, 0.717) is 18.5 Å². The maximum Gasteiger partial charge on any atom is 0.256 e. The van der Waals surface area contributed by atoms with Gasteiger partial charge in [0, 0.05) is 37.6 Å². The number of aliphatic hydroxyl groups is 1. The van der Waals surface area contributed by atoms with Crippen LogP contribution in [-0.4, -0.2) is 58.3 Å². The molecule has 8 nitrogen and oxygen atoms in total. The fourth-order valence-corrected chi connectivity index (χ4v) is 3.13. The fourth-order valence-electron chi connectivity index (χ4n) is 3.13. The summed E-state index contributed by atoms with van der Waals surface area (Å²) in [4.78, 5) is 26.9. The number of ether oxygens (including phenoxy) is 1. The van der Waals surface area contributed by atoms with Crippen molar-refractivity contribution < 1.29 is 14.6 Å². The van der Waals surface area contributed by atoms with Crippen molar-refractivity contribution in [3.05, 3.63) is 42.0 Å². The predicted octanol–water partition coefficient (Wildman–Crippen LogP) is 0.950. The molecule has 0 aromatic carbocycles. The van der Waals surface area contributed by atoms with E-state index in [2.05, 4.69) is 20.3 Å². The Kier molecular flexibility index (Phi) is 5.32. The van der Waals surface area contributed by atoms with Crippen molar-refractivity contribution in [3.8, 4) is 5.88 Å². The van der Waals surface area contributed by atoms with Gasteiger partial charge in [0.25, 0.3) is 5.91 Å². The van der Waals surface area contributed by atoms with Crippen LogP contribution in [-0.2, 0) is 0 Å². The van der Waals surface area contributed by atoms with Crippen molar-refractivity contribution in [2.45, 2.75) is 25.4 Å². The molecule has 1 atom stereocenters. The summed E-state index contributed by atoms with van der Waals surface area (Å²) in [5, 5.41) is 13.7. The summed E-state index contributed by atoms with van der Waals surface area (Å²) >= 11 is 0. The number of methoxy groups -OCH3 is 1. The highest BCUT2D eigenvalue weighted by molar-refractivity contribution is 5.96. The number of carbonyl (C=O) groups excluding carboxylic acids is 1. The number of nitrogens with one attached hydrogen (secondary N) is 1. The molecule has 0 spiro atoms. The molecular formula is C18H23N5O3. The highest BCUT2D eigenvalue weighted by Gasteiger charge is 2.34. The van der Waals surface area contributed by atoms with E-state index in [1.54, 1.807) is 18.3 Å². The van der Waals surface area contributed by atoms with Gasteiger partial charge in [-0.2, -0.15) is 0 Å². The topological polar surface area (TPSA) is 100 Å². The van der Waals surface area contributed by atoms with E-state index >= 15 is 0 Å². The Morgan fingerprint density at radius 1 is 1.42 bits per heavy atom. The molecule has 1 saturated heterocycles. The second-order valence-corrected chi connectivity index (χ2v) is 6.51. The lowest BCUT2D eigenvalue weighted by Crippen LogP contribution is -2.54. The quantitative estimate of drug-likeness (QED) is 0.822. The van der Waals surface area contributed by atoms with Crippen molar-refractivity contribution in [2.24, 2.45) is 0 Å². The molecule has 3 rings (SSSR count). The van der Waals surface area contributed by atoms with Crippen molar-refractivity contribution in [1.82, 2.24) is 20.3 Å². The van der Waals surface area contributed by atoms with Crippen LogP contribution in [0, 0.1) is 6.92 Å². The molecule has 1 aliphatic heterocycles. The Bertz CT molecular complexity index is 785. The van der Waals surface area contributed by atoms with Gasteiger partial charge in [0.15, 0.2) is 0 Å². The van der Waals surface area contributed by atoms with Gasteiger partial charge < -0.3 is 20.1 Å². The van der Waals surface area contributed by atoms with Crippen LogP contribution in [0.25, 0.3) is 0 Å². The minimum Gasteiger partial charge on any atom is -0.480 e. The molecule has 8 heteroatoms. The lowest BCUT2D eigenvalue weighted by Gasteiger charge is -2.39. The average Bonchev–Trinajstić information content (AvgIpc) is 2.66. The third-order valence-electron chi connectivity index (χ3n) is 4.46. The zero-order chi connectivity index (χ0) is 18.6. The Hall–Kier alpha value is -2.74. The SMILES string of the molecule is COc1ncccc1C(=O)NC[C@]1(O)CCCN(c2cc(C)ncn2)C1. The highest BCUT2D eigenvalue weighted by atomic mass is 16.5. The van der Waals surface area contributed by atoms with E-state index in [0.717, 1.165) is 24.5 Å². The Morgan fingerprint density at radius 2 is 2.27 bits per heavy atom. The number of anilines is 1. The number of aryl methyl sites for hydroxylation is 1. The van der Waals surface area contributed by atoms with E-state index in [1.807, 2.05) is 17.9 Å². The van der Waals surface area contributed by atoms with Gasteiger partial charge in [-0.1, -0.05) is 0 Å². The Morgan fingerprint density at radius 3 is 3.04 bits per heavy atom. The summed E-state index contributed by atoms with van der Waals surface area (Å²) in [7, 11) is 1.47. The molecule has 0 aliphatic carbocycles. The molecule has 0 radical (unpaired) electrons. The number of pyridine rings is 1. The van der Waals surface area contributed by atoms with E-state index < -0.39 is 5.60 Å². The van der Waals surface area contributed by atoms with Gasteiger partial charge >= 0.3 is 0 Å². The van der Waals surface area contributed by atoms with Crippen LogP contribution in [0.15, 0.2) is 30.7 Å². The van der Waals surface area contributed by atoms with Gasteiger partial charge in [0.05, 0.1) is 12.7 Å². The zero-order valence-electron chi connectivity index (χ0n) is 15.0. The summed E-state index contributed by atoms with van der Waals surface area (Å²) in [6.45, 7) is 3.25. The number of hydrogen-bond acceptors (Lipinski definition) is 7. The maximum absolute atomic E-state index is 12.4. The van der Waals surface area contributed by atoms with Crippen molar-refractivity contribution in [2.75, 3.05) is 31.6 Å². The third kappa shape index (κ3) is 4.08. The van der Waals surface area contributed by atoms with Crippen molar-refractivity contribution >= 4 is 11.7 Å². The standard InChI is InChI=1S/C18H23N5O3/c1-13-9-15(22-12-21-13)23-8-4-6-18(25,11-23)10-20-16(24)14-5-3-7-19-17(14)26-2/h3,5,7,9,12,25H,4,6,8,10-11H2,1-2H3,(H,20,24)/t18-/m1/s1. The van der Waals surface area contributed by atoms with E-state index in [4.69, 9.17) is 4.74 Å². The van der Waals surface area contributed by atoms with Gasteiger partial charge in [0.2, 0.25) is 5.88 Å². The molecule has 0 unspecified atom stereocenters. The molecule has 1 fully saturated rings. The largest absolute Gasteiger partial charge is 0.480 e. The maximum atomic E-state index is 12.4. The Labute approximate surface area is 152 Å². The molecule has 1 aliphatic rings. The first-order valence-electron chi connectivity index (χ1n) is 8.54. The van der Waals surface area contributed by atoms with Crippen LogP contribution in [0.5, 0.6) is 5.88 Å². The number of carbonyl (C=O) groups is 1. The molecule has 1 amide bonds. The van der Waals surface area contributed by atoms with Crippen LogP contribution < -0.4 is 15.0 Å². The summed E-state index contributed by atoms with van der Waals surface area (Å²) in [6.07, 6.45) is 4.50. The number of amides is 1. The molecule has 26 heavy (non-hydrogen) atoms. The number of aromatic nitrogens is 3. The molecule has 3 heterocycles. The summed E-state index contributed by atoms with van der Waals surface area (Å²) in [5.41, 5.74) is 0.196. The molecule has 2 aromatic heterocycles. The van der Waals surface area contributed by atoms with Gasteiger partial charge in [-0.25, -0.2) is 15.0 Å². The van der Waals surface area contributed by atoms with E-state index in [-0.39, 0.29) is 18.3 Å². The number of β-amino-alcohol motifs (C(OH)–C–C–N with tert-alkyl or cyclic N) is 1. The van der Waals surface area contributed by atoms with Crippen molar-refractivity contribution in [3.63, 3.8) is 0 Å². The first kappa shape index (κ1) is 18.1. The first-order valence-corrected chi connectivity index (χ1v) is 8.54. The summed E-state index contributed by atoms with van der Waals surface area (Å²) in [6, 6.07) is 5.21. The van der Waals surface area contributed by atoms with Crippen LogP contribution in [0.3, 0.4) is 0 Å². The fraction of sp³-hybridized carbons (Fsp3) is 0.444. The highest BCUT2D eigenvalue weighted by Crippen LogP contribution is 2.25. The first-order chi connectivity index (χ1) is 12.5. The van der Waals surface area contributed by atoms with E-state index in [9.17, 15) is 9.90 Å². The normalized spacial score (nSPS) is 19.9. The van der Waals surface area contributed by atoms with Gasteiger partial charge in [0.1, 0.15) is 17.7 Å². The lowest BCUT2D eigenvalue weighted by molar-refractivity contribution is 0.0254. The second kappa shape index (κ2) is 7.65. The summed E-state index contributed by atoms with van der Waals surface area (Å²) < 4.78 is 5.11. The second-order valence-electron chi connectivity index (χ2n) is 6.51. The molecule has 0 bridgehead atoms. The monoisotopic (exact) mass is 357 g/mol. The smallest absolute Gasteiger partial charge is 0.256 e. The number of rotatable bonds is 5. The number of nitrogens with zero attached hydrogens (tertiary/aromatic N) is 4.